The predicted molar refractivity (Wildman–Crippen MR) is 87.9 cm³/mol. The van der Waals surface area contributed by atoms with Gasteiger partial charge in [-0.1, -0.05) is 30.3 Å². The Labute approximate surface area is 134 Å². The Morgan fingerprint density at radius 3 is 2.43 bits per heavy atom. The van der Waals surface area contributed by atoms with Crippen molar-refractivity contribution in [2.75, 3.05) is 20.2 Å². The molecule has 1 saturated heterocycles. The second-order valence-electron chi connectivity index (χ2n) is 5.75. The average Bonchev–Trinajstić information content (AvgIpc) is 2.62. The molecule has 1 fully saturated rings. The van der Waals surface area contributed by atoms with E-state index in [4.69, 9.17) is 4.74 Å². The van der Waals surface area contributed by atoms with Crippen LogP contribution in [0.4, 0.5) is 0 Å². The monoisotopic (exact) mass is 312 g/mol. The van der Waals surface area contributed by atoms with Gasteiger partial charge in [0, 0.05) is 13.1 Å². The number of ether oxygens (including phenoxy) is 1. The molecule has 0 bridgehead atoms. The van der Waals surface area contributed by atoms with Crippen molar-refractivity contribution in [2.24, 2.45) is 0 Å². The molecule has 2 aromatic rings. The number of carbonyl (C=O) groups is 1. The minimum Gasteiger partial charge on any atom is -0.482 e. The number of rotatable bonds is 3. The van der Waals surface area contributed by atoms with Gasteiger partial charge in [-0.25, -0.2) is 0 Å². The highest BCUT2D eigenvalue weighted by molar-refractivity contribution is 5.94. The molecule has 0 spiro atoms. The van der Waals surface area contributed by atoms with Gasteiger partial charge >= 0.3 is 0 Å². The van der Waals surface area contributed by atoms with Gasteiger partial charge in [0.05, 0.1) is 7.11 Å². The number of hydrogen-bond acceptors (Lipinski definition) is 3. The molecular weight excluding hydrogens is 292 g/mol. The maximum absolute atomic E-state index is 12.5. The van der Waals surface area contributed by atoms with E-state index >= 15 is 0 Å². The fourth-order valence-electron chi connectivity index (χ4n) is 3.05. The van der Waals surface area contributed by atoms with Gasteiger partial charge in [0.1, 0.15) is 5.56 Å². The van der Waals surface area contributed by atoms with E-state index < -0.39 is 5.56 Å². The Balaban J connectivity index is 1.68. The summed E-state index contributed by atoms with van der Waals surface area (Å²) in [4.78, 5) is 28.8. The largest absolute Gasteiger partial charge is 0.482 e. The summed E-state index contributed by atoms with van der Waals surface area (Å²) < 4.78 is 4.96. The van der Waals surface area contributed by atoms with Gasteiger partial charge in [-0.2, -0.15) is 0 Å². The molecule has 5 nitrogen and oxygen atoms in total. The first-order valence-electron chi connectivity index (χ1n) is 7.80. The van der Waals surface area contributed by atoms with Crippen LogP contribution < -0.4 is 10.3 Å². The molecule has 2 heterocycles. The molecule has 0 unspecified atom stereocenters. The van der Waals surface area contributed by atoms with Crippen molar-refractivity contribution in [3.63, 3.8) is 0 Å². The highest BCUT2D eigenvalue weighted by Crippen LogP contribution is 2.28. The van der Waals surface area contributed by atoms with Gasteiger partial charge in [0.15, 0.2) is 5.88 Å². The lowest BCUT2D eigenvalue weighted by atomic mass is 9.89. The summed E-state index contributed by atoms with van der Waals surface area (Å²) in [5.41, 5.74) is 1.09. The Kier molecular flexibility index (Phi) is 4.46. The number of H-pyrrole nitrogens is 1. The van der Waals surface area contributed by atoms with Crippen LogP contribution in [0.1, 0.15) is 34.7 Å². The molecule has 1 aromatic heterocycles. The summed E-state index contributed by atoms with van der Waals surface area (Å²) >= 11 is 0. The zero-order valence-electron chi connectivity index (χ0n) is 13.1. The SMILES string of the molecule is COc1ccc(C(=O)N2CCC(c3ccccc3)CC2)c(=O)[nH]1. The van der Waals surface area contributed by atoms with Gasteiger partial charge in [-0.05, 0) is 36.5 Å². The summed E-state index contributed by atoms with van der Waals surface area (Å²) in [6, 6.07) is 13.5. The first-order chi connectivity index (χ1) is 11.2. The number of pyridine rings is 1. The molecule has 0 radical (unpaired) electrons. The molecule has 1 aliphatic rings. The van der Waals surface area contributed by atoms with E-state index in [1.54, 1.807) is 11.0 Å². The van der Waals surface area contributed by atoms with Crippen molar-refractivity contribution in [3.8, 4) is 5.88 Å². The predicted octanol–water partition coefficient (Wildman–Crippen LogP) is 2.40. The van der Waals surface area contributed by atoms with E-state index in [2.05, 4.69) is 17.1 Å². The van der Waals surface area contributed by atoms with Crippen molar-refractivity contribution >= 4 is 5.91 Å². The molecule has 3 rings (SSSR count). The van der Waals surface area contributed by atoms with E-state index in [9.17, 15) is 9.59 Å². The third-order valence-corrected chi connectivity index (χ3v) is 4.39. The third-order valence-electron chi connectivity index (χ3n) is 4.39. The topological polar surface area (TPSA) is 62.4 Å². The van der Waals surface area contributed by atoms with Crippen LogP contribution in [0.25, 0.3) is 0 Å². The van der Waals surface area contributed by atoms with Crippen LogP contribution >= 0.6 is 0 Å². The smallest absolute Gasteiger partial charge is 0.263 e. The van der Waals surface area contributed by atoms with Crippen LogP contribution in [-0.2, 0) is 0 Å². The Bertz CT molecular complexity index is 731. The van der Waals surface area contributed by atoms with E-state index in [0.717, 1.165) is 12.8 Å². The normalized spacial score (nSPS) is 15.4. The van der Waals surface area contributed by atoms with E-state index in [-0.39, 0.29) is 11.5 Å². The quantitative estimate of drug-likeness (QED) is 0.946. The lowest BCUT2D eigenvalue weighted by molar-refractivity contribution is 0.0711. The Hall–Kier alpha value is -2.56. The zero-order valence-corrected chi connectivity index (χ0v) is 13.1. The zero-order chi connectivity index (χ0) is 16.2. The van der Waals surface area contributed by atoms with Gasteiger partial charge in [0.2, 0.25) is 0 Å². The third kappa shape index (κ3) is 3.28. The number of carbonyl (C=O) groups excluding carboxylic acids is 1. The van der Waals surface area contributed by atoms with Gasteiger partial charge < -0.3 is 9.64 Å². The number of aromatic amines is 1. The first kappa shape index (κ1) is 15.3. The van der Waals surface area contributed by atoms with Gasteiger partial charge in [-0.3, -0.25) is 14.6 Å². The second kappa shape index (κ2) is 6.69. The van der Waals surface area contributed by atoms with Crippen LogP contribution in [0, 0.1) is 0 Å². The summed E-state index contributed by atoms with van der Waals surface area (Å²) in [5.74, 6) is 0.629. The molecule has 0 aliphatic carbocycles. The molecule has 1 aliphatic heterocycles. The minimum atomic E-state index is -0.403. The molecule has 120 valence electrons. The lowest BCUT2D eigenvalue weighted by Crippen LogP contribution is -2.40. The van der Waals surface area contributed by atoms with Crippen molar-refractivity contribution in [3.05, 3.63) is 63.9 Å². The highest BCUT2D eigenvalue weighted by Gasteiger charge is 2.25. The molecule has 23 heavy (non-hydrogen) atoms. The molecule has 1 N–H and O–H groups in total. The number of hydrogen-bond donors (Lipinski definition) is 1. The first-order valence-corrected chi connectivity index (χ1v) is 7.80. The number of piperidine rings is 1. The Morgan fingerprint density at radius 1 is 1.13 bits per heavy atom. The minimum absolute atomic E-state index is 0.170. The fraction of sp³-hybridized carbons (Fsp3) is 0.333. The van der Waals surface area contributed by atoms with E-state index in [0.29, 0.717) is 24.9 Å². The number of methoxy groups -OCH3 is 1. The summed E-state index contributed by atoms with van der Waals surface area (Å²) in [7, 11) is 1.47. The van der Waals surface area contributed by atoms with E-state index in [1.807, 2.05) is 18.2 Å². The molecule has 1 amide bonds. The number of amides is 1. The van der Waals surface area contributed by atoms with Gasteiger partial charge in [-0.15, -0.1) is 0 Å². The highest BCUT2D eigenvalue weighted by atomic mass is 16.5. The van der Waals surface area contributed by atoms with Crippen molar-refractivity contribution in [1.82, 2.24) is 9.88 Å². The van der Waals surface area contributed by atoms with Gasteiger partial charge in [0.25, 0.3) is 11.5 Å². The Morgan fingerprint density at radius 2 is 1.83 bits per heavy atom. The standard InChI is InChI=1S/C18H20N2O3/c1-23-16-8-7-15(17(21)19-16)18(22)20-11-9-14(10-12-20)13-5-3-2-4-6-13/h2-8,14H,9-12H2,1H3,(H,19,21). The van der Waals surface area contributed by atoms with Crippen LogP contribution in [0.3, 0.4) is 0 Å². The molecular formula is C18H20N2O3. The summed E-state index contributed by atoms with van der Waals surface area (Å²) in [5, 5.41) is 0. The number of nitrogens with one attached hydrogen (secondary N) is 1. The maximum Gasteiger partial charge on any atom is 0.263 e. The molecule has 0 atom stereocenters. The van der Waals surface area contributed by atoms with Crippen LogP contribution in [0.2, 0.25) is 0 Å². The van der Waals surface area contributed by atoms with Crippen LogP contribution in [-0.4, -0.2) is 36.0 Å². The van der Waals surface area contributed by atoms with Crippen molar-refractivity contribution in [1.29, 1.82) is 0 Å². The summed E-state index contributed by atoms with van der Waals surface area (Å²) in [6.07, 6.45) is 1.84. The second-order valence-corrected chi connectivity index (χ2v) is 5.75. The van der Waals surface area contributed by atoms with E-state index in [1.165, 1.54) is 18.7 Å². The maximum atomic E-state index is 12.5. The average molecular weight is 312 g/mol. The number of likely N-dealkylation sites (tertiary alicyclic amines) is 1. The van der Waals surface area contributed by atoms with Crippen LogP contribution in [0.5, 0.6) is 5.88 Å². The van der Waals surface area contributed by atoms with Crippen molar-refractivity contribution in [2.45, 2.75) is 18.8 Å². The summed E-state index contributed by atoms with van der Waals surface area (Å²) in [6.45, 7) is 1.34. The number of aromatic nitrogens is 1. The molecule has 1 aromatic carbocycles. The van der Waals surface area contributed by atoms with Crippen molar-refractivity contribution < 1.29 is 9.53 Å². The molecule has 0 saturated carbocycles. The molecule has 5 heteroatoms. The van der Waals surface area contributed by atoms with Crippen LogP contribution in [0.15, 0.2) is 47.3 Å². The fourth-order valence-corrected chi connectivity index (χ4v) is 3.05. The number of nitrogens with zero attached hydrogens (tertiary/aromatic N) is 1. The number of benzene rings is 1. The lowest BCUT2D eigenvalue weighted by Gasteiger charge is -2.32.